The molecule has 1 N–H and O–H groups in total. The van der Waals surface area contributed by atoms with Crippen LogP contribution in [0.3, 0.4) is 0 Å². The number of phenolic OH excluding ortho intramolecular Hbond substituents is 1. The Balaban J connectivity index is 1.90. The first-order chi connectivity index (χ1) is 12.0. The molecule has 130 valence electrons. The lowest BCUT2D eigenvalue weighted by atomic mass is 9.84. The molecular formula is C18H18ClN3O3. The van der Waals surface area contributed by atoms with Gasteiger partial charge in [0, 0.05) is 11.1 Å². The van der Waals surface area contributed by atoms with Crippen molar-refractivity contribution >= 4 is 28.7 Å². The van der Waals surface area contributed by atoms with Crippen LogP contribution in [0.4, 0.5) is 17.1 Å². The van der Waals surface area contributed by atoms with E-state index in [-0.39, 0.29) is 22.1 Å². The molecule has 1 fully saturated rings. The predicted octanol–water partition coefficient (Wildman–Crippen LogP) is 6.42. The van der Waals surface area contributed by atoms with E-state index in [0.29, 0.717) is 11.6 Å². The van der Waals surface area contributed by atoms with E-state index < -0.39 is 4.92 Å². The van der Waals surface area contributed by atoms with E-state index in [2.05, 4.69) is 10.2 Å². The molecule has 0 spiro atoms. The highest BCUT2D eigenvalue weighted by atomic mass is 35.5. The Bertz CT molecular complexity index is 817. The van der Waals surface area contributed by atoms with Crippen molar-refractivity contribution in [3.05, 3.63) is 57.1 Å². The van der Waals surface area contributed by atoms with E-state index in [0.717, 1.165) is 18.4 Å². The van der Waals surface area contributed by atoms with Gasteiger partial charge in [-0.25, -0.2) is 0 Å². The number of nitro benzene ring substituents is 1. The molecule has 1 aliphatic rings. The third-order valence-corrected chi connectivity index (χ3v) is 4.71. The van der Waals surface area contributed by atoms with Crippen molar-refractivity contribution in [2.24, 2.45) is 10.2 Å². The topological polar surface area (TPSA) is 88.1 Å². The van der Waals surface area contributed by atoms with Crippen LogP contribution in [-0.2, 0) is 0 Å². The van der Waals surface area contributed by atoms with Crippen LogP contribution >= 0.6 is 11.6 Å². The highest BCUT2D eigenvalue weighted by molar-refractivity contribution is 6.30. The lowest BCUT2D eigenvalue weighted by Crippen LogP contribution is -2.04. The molecule has 0 unspecified atom stereocenters. The van der Waals surface area contributed by atoms with Crippen molar-refractivity contribution in [3.63, 3.8) is 0 Å². The fourth-order valence-electron chi connectivity index (χ4n) is 3.15. The standard InChI is InChI=1S/C18H18ClN3O3/c19-14-7-8-15(17(11-14)22(24)25)20-21-16-10-13(6-9-18(16)23)12-4-2-1-3-5-12/h6-12,23H,1-5H2. The number of azo groups is 1. The average Bonchev–Trinajstić information content (AvgIpc) is 2.62. The number of halogens is 1. The summed E-state index contributed by atoms with van der Waals surface area (Å²) in [5, 5.41) is 29.4. The number of rotatable bonds is 4. The van der Waals surface area contributed by atoms with Crippen molar-refractivity contribution in [1.29, 1.82) is 0 Å². The van der Waals surface area contributed by atoms with Gasteiger partial charge in [0.15, 0.2) is 5.69 Å². The van der Waals surface area contributed by atoms with Crippen molar-refractivity contribution in [2.75, 3.05) is 0 Å². The third-order valence-electron chi connectivity index (χ3n) is 4.48. The summed E-state index contributed by atoms with van der Waals surface area (Å²) in [4.78, 5) is 10.6. The Labute approximate surface area is 150 Å². The Hall–Kier alpha value is -2.47. The second-order valence-electron chi connectivity index (χ2n) is 6.17. The van der Waals surface area contributed by atoms with Crippen LogP contribution in [0.1, 0.15) is 43.6 Å². The molecule has 7 heteroatoms. The molecule has 0 saturated heterocycles. The third kappa shape index (κ3) is 4.14. The van der Waals surface area contributed by atoms with E-state index in [1.54, 1.807) is 6.07 Å². The van der Waals surface area contributed by atoms with Gasteiger partial charge < -0.3 is 5.11 Å². The second-order valence-corrected chi connectivity index (χ2v) is 6.61. The van der Waals surface area contributed by atoms with Crippen LogP contribution in [0, 0.1) is 10.1 Å². The summed E-state index contributed by atoms with van der Waals surface area (Å²) < 4.78 is 0. The minimum absolute atomic E-state index is 0.0000685. The minimum atomic E-state index is -0.557. The lowest BCUT2D eigenvalue weighted by Gasteiger charge is -2.22. The Kier molecular flexibility index (Phi) is 5.28. The summed E-state index contributed by atoms with van der Waals surface area (Å²) >= 11 is 5.79. The van der Waals surface area contributed by atoms with Crippen LogP contribution in [0.15, 0.2) is 46.6 Å². The molecule has 2 aromatic carbocycles. The van der Waals surface area contributed by atoms with Gasteiger partial charge in [-0.3, -0.25) is 10.1 Å². The van der Waals surface area contributed by atoms with Gasteiger partial charge in [-0.1, -0.05) is 36.9 Å². The van der Waals surface area contributed by atoms with Gasteiger partial charge in [-0.15, -0.1) is 10.2 Å². The van der Waals surface area contributed by atoms with Crippen LogP contribution in [0.25, 0.3) is 0 Å². The van der Waals surface area contributed by atoms with Gasteiger partial charge in [-0.05, 0) is 48.6 Å². The minimum Gasteiger partial charge on any atom is -0.506 e. The summed E-state index contributed by atoms with van der Waals surface area (Å²) in [7, 11) is 0. The molecular weight excluding hydrogens is 342 g/mol. The van der Waals surface area contributed by atoms with Crippen molar-refractivity contribution in [1.82, 2.24) is 0 Å². The summed E-state index contributed by atoms with van der Waals surface area (Å²) in [5.41, 5.74) is 1.31. The summed E-state index contributed by atoms with van der Waals surface area (Å²) in [6.45, 7) is 0. The first-order valence-electron chi connectivity index (χ1n) is 8.23. The Morgan fingerprint density at radius 1 is 1.04 bits per heavy atom. The van der Waals surface area contributed by atoms with Gasteiger partial charge in [0.05, 0.1) is 4.92 Å². The van der Waals surface area contributed by atoms with Crippen LogP contribution in [0.2, 0.25) is 5.02 Å². The fourth-order valence-corrected chi connectivity index (χ4v) is 3.31. The highest BCUT2D eigenvalue weighted by Gasteiger charge is 2.17. The van der Waals surface area contributed by atoms with Crippen molar-refractivity contribution < 1.29 is 10.0 Å². The SMILES string of the molecule is O=[N+]([O-])c1cc(Cl)ccc1N=Nc1cc(C2CCCCC2)ccc1O. The quantitative estimate of drug-likeness (QED) is 0.388. The largest absolute Gasteiger partial charge is 0.506 e. The van der Waals surface area contributed by atoms with E-state index in [1.165, 1.54) is 37.5 Å². The molecule has 1 saturated carbocycles. The molecule has 0 amide bonds. The molecule has 3 rings (SSSR count). The number of benzene rings is 2. The van der Waals surface area contributed by atoms with E-state index in [9.17, 15) is 15.2 Å². The van der Waals surface area contributed by atoms with E-state index in [4.69, 9.17) is 11.6 Å². The van der Waals surface area contributed by atoms with Gasteiger partial charge in [0.2, 0.25) is 0 Å². The molecule has 0 radical (unpaired) electrons. The zero-order valence-corrected chi connectivity index (χ0v) is 14.3. The smallest absolute Gasteiger partial charge is 0.298 e. The van der Waals surface area contributed by atoms with Crippen molar-refractivity contribution in [3.8, 4) is 5.75 Å². The maximum absolute atomic E-state index is 11.1. The number of aromatic hydroxyl groups is 1. The zero-order valence-electron chi connectivity index (χ0n) is 13.6. The predicted molar refractivity (Wildman–Crippen MR) is 96.2 cm³/mol. The van der Waals surface area contributed by atoms with Gasteiger partial charge in [0.25, 0.3) is 5.69 Å². The number of hydrogen-bond donors (Lipinski definition) is 1. The molecule has 0 atom stereocenters. The normalized spacial score (nSPS) is 15.6. The summed E-state index contributed by atoms with van der Waals surface area (Å²) in [5.74, 6) is 0.466. The Morgan fingerprint density at radius 3 is 2.48 bits per heavy atom. The molecule has 0 aromatic heterocycles. The van der Waals surface area contributed by atoms with E-state index in [1.807, 2.05) is 12.1 Å². The molecule has 6 nitrogen and oxygen atoms in total. The zero-order chi connectivity index (χ0) is 17.8. The number of phenols is 1. The Morgan fingerprint density at radius 2 is 1.76 bits per heavy atom. The molecule has 2 aromatic rings. The van der Waals surface area contributed by atoms with Gasteiger partial charge >= 0.3 is 0 Å². The van der Waals surface area contributed by atoms with Crippen LogP contribution in [-0.4, -0.2) is 10.0 Å². The number of nitrogens with zero attached hydrogens (tertiary/aromatic N) is 3. The van der Waals surface area contributed by atoms with E-state index >= 15 is 0 Å². The fraction of sp³-hybridized carbons (Fsp3) is 0.333. The van der Waals surface area contributed by atoms with Crippen LogP contribution in [0.5, 0.6) is 5.75 Å². The molecule has 0 bridgehead atoms. The molecule has 0 aliphatic heterocycles. The second kappa shape index (κ2) is 7.61. The molecule has 25 heavy (non-hydrogen) atoms. The van der Waals surface area contributed by atoms with Gasteiger partial charge in [-0.2, -0.15) is 0 Å². The summed E-state index contributed by atoms with van der Waals surface area (Å²) in [6, 6.07) is 9.52. The van der Waals surface area contributed by atoms with Crippen molar-refractivity contribution in [2.45, 2.75) is 38.0 Å². The lowest BCUT2D eigenvalue weighted by molar-refractivity contribution is -0.384. The number of hydrogen-bond acceptors (Lipinski definition) is 5. The highest BCUT2D eigenvalue weighted by Crippen LogP contribution is 2.38. The monoisotopic (exact) mass is 359 g/mol. The summed E-state index contributed by atoms with van der Waals surface area (Å²) in [6.07, 6.45) is 5.94. The maximum atomic E-state index is 11.1. The maximum Gasteiger partial charge on any atom is 0.298 e. The number of nitro groups is 1. The van der Waals surface area contributed by atoms with Crippen LogP contribution < -0.4 is 0 Å². The van der Waals surface area contributed by atoms with Gasteiger partial charge in [0.1, 0.15) is 11.4 Å². The first-order valence-corrected chi connectivity index (χ1v) is 8.61. The first kappa shape index (κ1) is 17.4. The average molecular weight is 360 g/mol. The molecule has 1 aliphatic carbocycles. The molecule has 0 heterocycles.